The van der Waals surface area contributed by atoms with E-state index in [4.69, 9.17) is 5.11 Å². The second-order valence-electron chi connectivity index (χ2n) is 3.07. The number of benzene rings is 1. The van der Waals surface area contributed by atoms with Crippen LogP contribution in [0.3, 0.4) is 0 Å². The van der Waals surface area contributed by atoms with E-state index in [0.717, 1.165) is 6.07 Å². The van der Waals surface area contributed by atoms with Gasteiger partial charge in [0.1, 0.15) is 0 Å². The van der Waals surface area contributed by atoms with Gasteiger partial charge in [-0.15, -0.1) is 0 Å². The predicted molar refractivity (Wildman–Crippen MR) is 48.9 cm³/mol. The van der Waals surface area contributed by atoms with Crippen LogP contribution >= 0.6 is 0 Å². The van der Waals surface area contributed by atoms with Gasteiger partial charge in [0.05, 0.1) is 10.5 Å². The van der Waals surface area contributed by atoms with Crippen molar-refractivity contribution >= 4 is 5.69 Å². The van der Waals surface area contributed by atoms with Crippen LogP contribution in [0, 0.1) is 10.1 Å². The molecule has 16 heavy (non-hydrogen) atoms. The molecule has 0 radical (unpaired) electrons. The van der Waals surface area contributed by atoms with Gasteiger partial charge in [0.15, 0.2) is 0 Å². The van der Waals surface area contributed by atoms with Crippen molar-refractivity contribution in [3.8, 4) is 0 Å². The summed E-state index contributed by atoms with van der Waals surface area (Å²) in [6.07, 6.45) is -4.72. The Morgan fingerprint density at radius 3 is 2.44 bits per heavy atom. The molecule has 0 heterocycles. The van der Waals surface area contributed by atoms with Gasteiger partial charge in [0.2, 0.25) is 0 Å². The van der Waals surface area contributed by atoms with Crippen molar-refractivity contribution in [1.29, 1.82) is 0 Å². The third-order valence-corrected chi connectivity index (χ3v) is 1.98. The second-order valence-corrected chi connectivity index (χ2v) is 3.07. The highest BCUT2D eigenvalue weighted by atomic mass is 19.4. The van der Waals surface area contributed by atoms with E-state index < -0.39 is 29.0 Å². The molecule has 0 saturated heterocycles. The molecular formula is C9H8F3NO3. The molecule has 88 valence electrons. The summed E-state index contributed by atoms with van der Waals surface area (Å²) in [6.45, 7) is -0.442. The maximum atomic E-state index is 12.3. The molecule has 0 atom stereocenters. The summed E-state index contributed by atoms with van der Waals surface area (Å²) in [5.74, 6) is 0. The second kappa shape index (κ2) is 4.48. The van der Waals surface area contributed by atoms with Crippen LogP contribution in [0.15, 0.2) is 18.2 Å². The number of aliphatic hydroxyl groups is 1. The van der Waals surface area contributed by atoms with Gasteiger partial charge in [-0.3, -0.25) is 10.1 Å². The number of alkyl halides is 3. The monoisotopic (exact) mass is 235 g/mol. The molecule has 0 aliphatic carbocycles. The Balaban J connectivity index is 3.22. The number of hydrogen-bond donors (Lipinski definition) is 1. The number of hydrogen-bond acceptors (Lipinski definition) is 3. The lowest BCUT2D eigenvalue weighted by molar-refractivity contribution is -0.385. The third kappa shape index (κ3) is 2.69. The van der Waals surface area contributed by atoms with E-state index >= 15 is 0 Å². The van der Waals surface area contributed by atoms with Crippen molar-refractivity contribution in [2.45, 2.75) is 12.6 Å². The highest BCUT2D eigenvalue weighted by Gasteiger charge is 2.32. The molecular weight excluding hydrogens is 227 g/mol. The molecule has 0 amide bonds. The summed E-state index contributed by atoms with van der Waals surface area (Å²) in [6, 6.07) is 2.14. The van der Waals surface area contributed by atoms with Crippen LogP contribution < -0.4 is 0 Å². The Labute approximate surface area is 88.5 Å². The van der Waals surface area contributed by atoms with Gasteiger partial charge >= 0.3 is 6.18 Å². The maximum Gasteiger partial charge on any atom is 0.416 e. The Kier molecular flexibility index (Phi) is 3.48. The lowest BCUT2D eigenvalue weighted by Crippen LogP contribution is -2.07. The van der Waals surface area contributed by atoms with Crippen molar-refractivity contribution in [2.24, 2.45) is 0 Å². The molecule has 4 nitrogen and oxygen atoms in total. The molecule has 1 N–H and O–H groups in total. The zero-order valence-corrected chi connectivity index (χ0v) is 7.99. The number of nitro benzene ring substituents is 1. The Bertz CT molecular complexity index is 403. The quantitative estimate of drug-likeness (QED) is 0.644. The van der Waals surface area contributed by atoms with Crippen LogP contribution in [0.5, 0.6) is 0 Å². The molecule has 1 rings (SSSR count). The first kappa shape index (κ1) is 12.4. The molecule has 0 fully saturated rings. The van der Waals surface area contributed by atoms with E-state index in [2.05, 4.69) is 0 Å². The van der Waals surface area contributed by atoms with Crippen LogP contribution in [0.2, 0.25) is 0 Å². The van der Waals surface area contributed by atoms with E-state index in [9.17, 15) is 23.3 Å². The molecule has 7 heteroatoms. The summed E-state index contributed by atoms with van der Waals surface area (Å²) in [5, 5.41) is 19.1. The Morgan fingerprint density at radius 2 is 2.00 bits per heavy atom. The van der Waals surface area contributed by atoms with Gasteiger partial charge < -0.3 is 5.11 Å². The van der Waals surface area contributed by atoms with Gasteiger partial charge in [-0.1, -0.05) is 0 Å². The van der Waals surface area contributed by atoms with Crippen molar-refractivity contribution in [3.63, 3.8) is 0 Å². The normalized spacial score (nSPS) is 11.5. The molecule has 0 spiro atoms. The molecule has 0 aromatic heterocycles. The molecule has 0 aliphatic heterocycles. The maximum absolute atomic E-state index is 12.3. The zero-order chi connectivity index (χ0) is 12.3. The summed E-state index contributed by atoms with van der Waals surface area (Å²) >= 11 is 0. The average Bonchev–Trinajstić information content (AvgIpc) is 2.16. The van der Waals surface area contributed by atoms with Crippen LogP contribution in [0.4, 0.5) is 18.9 Å². The smallest absolute Gasteiger partial charge is 0.396 e. The molecule has 0 saturated carbocycles. The highest BCUT2D eigenvalue weighted by Crippen LogP contribution is 2.32. The van der Waals surface area contributed by atoms with Crippen molar-refractivity contribution < 1.29 is 23.2 Å². The minimum absolute atomic E-state index is 0.123. The largest absolute Gasteiger partial charge is 0.416 e. The van der Waals surface area contributed by atoms with Gasteiger partial charge in [0.25, 0.3) is 5.69 Å². The first-order valence-corrected chi connectivity index (χ1v) is 4.31. The number of nitro groups is 1. The fourth-order valence-electron chi connectivity index (χ4n) is 1.26. The van der Waals surface area contributed by atoms with Crippen molar-refractivity contribution in [2.75, 3.05) is 6.61 Å². The first-order valence-electron chi connectivity index (χ1n) is 4.31. The predicted octanol–water partition coefficient (Wildman–Crippen LogP) is 2.15. The summed E-state index contributed by atoms with van der Waals surface area (Å²) < 4.78 is 36.9. The van der Waals surface area contributed by atoms with Gasteiger partial charge in [-0.05, 0) is 12.1 Å². The standard InChI is InChI=1S/C9H8F3NO3/c10-9(11,12)7-1-2-8(13(15)16)6(5-7)3-4-14/h1-2,5,14H,3-4H2. The fraction of sp³-hybridized carbons (Fsp3) is 0.333. The summed E-state index contributed by atoms with van der Waals surface area (Å²) in [5.41, 5.74) is -1.49. The van der Waals surface area contributed by atoms with E-state index in [1.165, 1.54) is 0 Å². The lowest BCUT2D eigenvalue weighted by atomic mass is 10.1. The summed E-state index contributed by atoms with van der Waals surface area (Å²) in [7, 11) is 0. The topological polar surface area (TPSA) is 63.4 Å². The lowest BCUT2D eigenvalue weighted by Gasteiger charge is -2.08. The number of halogens is 3. The SMILES string of the molecule is O=[N+]([O-])c1ccc(C(F)(F)F)cc1CCO. The van der Waals surface area contributed by atoms with E-state index in [1.54, 1.807) is 0 Å². The van der Waals surface area contributed by atoms with Crippen LogP contribution in [0.25, 0.3) is 0 Å². The van der Waals surface area contributed by atoms with Gasteiger partial charge in [0, 0.05) is 24.7 Å². The Morgan fingerprint density at radius 1 is 1.38 bits per heavy atom. The Hall–Kier alpha value is -1.63. The fourth-order valence-corrected chi connectivity index (χ4v) is 1.26. The van der Waals surface area contributed by atoms with Gasteiger partial charge in [-0.25, -0.2) is 0 Å². The van der Waals surface area contributed by atoms with Crippen LogP contribution in [-0.2, 0) is 12.6 Å². The number of nitrogens with zero attached hydrogens (tertiary/aromatic N) is 1. The molecule has 0 aliphatic rings. The van der Waals surface area contributed by atoms with Crippen LogP contribution in [-0.4, -0.2) is 16.6 Å². The van der Waals surface area contributed by atoms with E-state index in [0.29, 0.717) is 12.1 Å². The number of rotatable bonds is 3. The van der Waals surface area contributed by atoms with E-state index in [1.807, 2.05) is 0 Å². The third-order valence-electron chi connectivity index (χ3n) is 1.98. The minimum Gasteiger partial charge on any atom is -0.396 e. The average molecular weight is 235 g/mol. The van der Waals surface area contributed by atoms with Gasteiger partial charge in [-0.2, -0.15) is 13.2 Å². The summed E-state index contributed by atoms with van der Waals surface area (Å²) in [4.78, 5) is 9.73. The molecule has 1 aromatic rings. The van der Waals surface area contributed by atoms with Crippen LogP contribution in [0.1, 0.15) is 11.1 Å². The van der Waals surface area contributed by atoms with E-state index in [-0.39, 0.29) is 12.0 Å². The highest BCUT2D eigenvalue weighted by molar-refractivity contribution is 5.43. The van der Waals surface area contributed by atoms with Crippen molar-refractivity contribution in [3.05, 3.63) is 39.4 Å². The first-order chi connectivity index (χ1) is 7.36. The molecule has 1 aromatic carbocycles. The number of aliphatic hydroxyl groups excluding tert-OH is 1. The molecule has 0 unspecified atom stereocenters. The zero-order valence-electron chi connectivity index (χ0n) is 7.99. The molecule has 0 bridgehead atoms. The van der Waals surface area contributed by atoms with Crippen molar-refractivity contribution in [1.82, 2.24) is 0 Å². The minimum atomic E-state index is -4.54.